The standard InChI is InChI=1S/C18H17ClN2O2S/c1-14(20-24(22,23)18-10-6-16(19)7-11-18)15-4-8-17(9-5-15)21-12-2-3-13-21/h2-14,20H,1H3/t14-/m1/s1. The van der Waals surface area contributed by atoms with Gasteiger partial charge in [0.1, 0.15) is 0 Å². The number of nitrogens with one attached hydrogen (secondary N) is 1. The first-order valence-corrected chi connectivity index (χ1v) is 9.33. The maximum absolute atomic E-state index is 12.4. The van der Waals surface area contributed by atoms with Gasteiger partial charge < -0.3 is 4.57 Å². The second kappa shape index (κ2) is 6.81. The van der Waals surface area contributed by atoms with Gasteiger partial charge in [0.05, 0.1) is 4.90 Å². The highest BCUT2D eigenvalue weighted by molar-refractivity contribution is 7.89. The zero-order valence-electron chi connectivity index (χ0n) is 13.1. The minimum atomic E-state index is -3.59. The van der Waals surface area contributed by atoms with Gasteiger partial charge in [-0.25, -0.2) is 13.1 Å². The van der Waals surface area contributed by atoms with Crippen LogP contribution in [0.15, 0.2) is 78.0 Å². The first-order chi connectivity index (χ1) is 11.5. The molecule has 1 aromatic heterocycles. The van der Waals surface area contributed by atoms with E-state index in [1.807, 2.05) is 60.3 Å². The summed E-state index contributed by atoms with van der Waals surface area (Å²) in [4.78, 5) is 0.197. The van der Waals surface area contributed by atoms with Crippen molar-refractivity contribution in [2.75, 3.05) is 0 Å². The average molecular weight is 361 g/mol. The fraction of sp³-hybridized carbons (Fsp3) is 0.111. The Morgan fingerprint density at radius 2 is 1.54 bits per heavy atom. The molecule has 3 aromatic rings. The van der Waals surface area contributed by atoms with Gasteiger partial charge >= 0.3 is 0 Å². The molecule has 124 valence electrons. The summed E-state index contributed by atoms with van der Waals surface area (Å²) in [5.74, 6) is 0. The first-order valence-electron chi connectivity index (χ1n) is 7.47. The molecule has 4 nitrogen and oxygen atoms in total. The van der Waals surface area contributed by atoms with E-state index in [-0.39, 0.29) is 10.9 Å². The van der Waals surface area contributed by atoms with Crippen molar-refractivity contribution in [1.82, 2.24) is 9.29 Å². The van der Waals surface area contributed by atoms with Crippen molar-refractivity contribution in [2.24, 2.45) is 0 Å². The summed E-state index contributed by atoms with van der Waals surface area (Å²) >= 11 is 5.80. The van der Waals surface area contributed by atoms with Crippen LogP contribution in [0.3, 0.4) is 0 Å². The van der Waals surface area contributed by atoms with Crippen molar-refractivity contribution < 1.29 is 8.42 Å². The second-order valence-electron chi connectivity index (χ2n) is 5.48. The van der Waals surface area contributed by atoms with Crippen molar-refractivity contribution in [2.45, 2.75) is 17.9 Å². The number of rotatable bonds is 5. The lowest BCUT2D eigenvalue weighted by atomic mass is 10.1. The third-order valence-electron chi connectivity index (χ3n) is 3.75. The summed E-state index contributed by atoms with van der Waals surface area (Å²) in [7, 11) is -3.59. The normalized spacial score (nSPS) is 12.9. The second-order valence-corrected chi connectivity index (χ2v) is 7.63. The lowest BCUT2D eigenvalue weighted by molar-refractivity contribution is 0.567. The molecular formula is C18H17ClN2O2S. The molecule has 1 atom stereocenters. The molecule has 0 spiro atoms. The number of halogens is 1. The Morgan fingerprint density at radius 1 is 0.958 bits per heavy atom. The van der Waals surface area contributed by atoms with Gasteiger partial charge in [-0.05, 0) is 61.0 Å². The summed E-state index contributed by atoms with van der Waals surface area (Å²) < 4.78 is 29.5. The summed E-state index contributed by atoms with van der Waals surface area (Å²) in [5, 5.41) is 0.502. The summed E-state index contributed by atoms with van der Waals surface area (Å²) in [5.41, 5.74) is 1.92. The van der Waals surface area contributed by atoms with Crippen molar-refractivity contribution in [3.8, 4) is 5.69 Å². The molecule has 1 N–H and O–H groups in total. The Labute approximate surface area is 146 Å². The van der Waals surface area contributed by atoms with Crippen molar-refractivity contribution in [3.05, 3.63) is 83.6 Å². The van der Waals surface area contributed by atoms with Crippen LogP contribution in [0.4, 0.5) is 0 Å². The predicted octanol–water partition coefficient (Wildman–Crippen LogP) is 4.17. The largest absolute Gasteiger partial charge is 0.324 e. The molecule has 0 amide bonds. The van der Waals surface area contributed by atoms with Crippen molar-refractivity contribution >= 4 is 21.6 Å². The van der Waals surface area contributed by atoms with Crippen LogP contribution in [-0.2, 0) is 10.0 Å². The molecule has 0 radical (unpaired) electrons. The Bertz CT molecular complexity index is 903. The van der Waals surface area contributed by atoms with Crippen molar-refractivity contribution in [1.29, 1.82) is 0 Å². The molecule has 0 aliphatic rings. The molecule has 24 heavy (non-hydrogen) atoms. The van der Waals surface area contributed by atoms with Gasteiger partial charge in [0.25, 0.3) is 0 Å². The zero-order chi connectivity index (χ0) is 17.2. The first kappa shape index (κ1) is 16.8. The molecule has 0 fully saturated rings. The molecule has 0 saturated carbocycles. The predicted molar refractivity (Wildman–Crippen MR) is 96.0 cm³/mol. The van der Waals surface area contributed by atoms with Crippen LogP contribution in [-0.4, -0.2) is 13.0 Å². The van der Waals surface area contributed by atoms with Gasteiger partial charge in [-0.3, -0.25) is 0 Å². The summed E-state index contributed by atoms with van der Waals surface area (Å²) in [6, 6.07) is 17.4. The SMILES string of the molecule is C[C@@H](NS(=O)(=O)c1ccc(Cl)cc1)c1ccc(-n2cccc2)cc1. The highest BCUT2D eigenvalue weighted by atomic mass is 35.5. The van der Waals surface area contributed by atoms with Gasteiger partial charge in [0.2, 0.25) is 10.0 Å². The molecule has 0 bridgehead atoms. The molecule has 0 aliphatic carbocycles. The fourth-order valence-electron chi connectivity index (χ4n) is 2.42. The van der Waals surface area contributed by atoms with Gasteiger partial charge in [-0.15, -0.1) is 0 Å². The van der Waals surface area contributed by atoms with Crippen LogP contribution in [0.1, 0.15) is 18.5 Å². The number of hydrogen-bond acceptors (Lipinski definition) is 2. The van der Waals surface area contributed by atoms with E-state index in [0.717, 1.165) is 11.3 Å². The lowest BCUT2D eigenvalue weighted by Crippen LogP contribution is -2.26. The number of hydrogen-bond donors (Lipinski definition) is 1. The fourth-order valence-corrected chi connectivity index (χ4v) is 3.78. The van der Waals surface area contributed by atoms with Crippen LogP contribution < -0.4 is 4.72 Å². The van der Waals surface area contributed by atoms with Gasteiger partial charge in [0, 0.05) is 29.1 Å². The van der Waals surface area contributed by atoms with E-state index >= 15 is 0 Å². The number of nitrogens with zero attached hydrogens (tertiary/aromatic N) is 1. The number of aromatic nitrogens is 1. The maximum atomic E-state index is 12.4. The molecule has 1 heterocycles. The van der Waals surface area contributed by atoms with Gasteiger partial charge in [0.15, 0.2) is 0 Å². The van der Waals surface area contributed by atoms with E-state index in [0.29, 0.717) is 5.02 Å². The minimum absolute atomic E-state index is 0.197. The summed E-state index contributed by atoms with van der Waals surface area (Å²) in [6.07, 6.45) is 3.92. The van der Waals surface area contributed by atoms with Crippen LogP contribution in [0.2, 0.25) is 5.02 Å². The molecule has 3 rings (SSSR count). The van der Waals surface area contributed by atoms with Crippen LogP contribution in [0, 0.1) is 0 Å². The molecule has 0 unspecified atom stereocenters. The van der Waals surface area contributed by atoms with E-state index < -0.39 is 10.0 Å². The number of benzene rings is 2. The Balaban J connectivity index is 1.76. The topological polar surface area (TPSA) is 51.1 Å². The van der Waals surface area contributed by atoms with E-state index in [4.69, 9.17) is 11.6 Å². The van der Waals surface area contributed by atoms with E-state index in [2.05, 4.69) is 4.72 Å². The Morgan fingerprint density at radius 3 is 2.12 bits per heavy atom. The smallest absolute Gasteiger partial charge is 0.241 e. The van der Waals surface area contributed by atoms with E-state index in [1.165, 1.54) is 12.1 Å². The highest BCUT2D eigenvalue weighted by Crippen LogP contribution is 2.20. The van der Waals surface area contributed by atoms with Gasteiger partial charge in [-0.1, -0.05) is 23.7 Å². The summed E-state index contributed by atoms with van der Waals surface area (Å²) in [6.45, 7) is 1.82. The highest BCUT2D eigenvalue weighted by Gasteiger charge is 2.18. The molecule has 2 aromatic carbocycles. The molecular weight excluding hydrogens is 344 g/mol. The Kier molecular flexibility index (Phi) is 4.76. The van der Waals surface area contributed by atoms with Crippen LogP contribution >= 0.6 is 11.6 Å². The average Bonchev–Trinajstić information content (AvgIpc) is 3.09. The van der Waals surface area contributed by atoms with E-state index in [1.54, 1.807) is 12.1 Å². The third kappa shape index (κ3) is 3.70. The minimum Gasteiger partial charge on any atom is -0.324 e. The maximum Gasteiger partial charge on any atom is 0.241 e. The number of sulfonamides is 1. The molecule has 0 saturated heterocycles. The molecule has 0 aliphatic heterocycles. The molecule has 6 heteroatoms. The monoisotopic (exact) mass is 360 g/mol. The Hall–Kier alpha value is -2.08. The zero-order valence-corrected chi connectivity index (χ0v) is 14.6. The quantitative estimate of drug-likeness (QED) is 0.742. The van der Waals surface area contributed by atoms with E-state index in [9.17, 15) is 8.42 Å². The van der Waals surface area contributed by atoms with Crippen LogP contribution in [0.5, 0.6) is 0 Å². The third-order valence-corrected chi connectivity index (χ3v) is 5.56. The van der Waals surface area contributed by atoms with Gasteiger partial charge in [-0.2, -0.15) is 0 Å². The lowest BCUT2D eigenvalue weighted by Gasteiger charge is -2.15. The van der Waals surface area contributed by atoms with Crippen LogP contribution in [0.25, 0.3) is 5.69 Å². The van der Waals surface area contributed by atoms with Crippen molar-refractivity contribution in [3.63, 3.8) is 0 Å².